The number of ether oxygens (including phenoxy) is 2. The van der Waals surface area contributed by atoms with Gasteiger partial charge in [-0.25, -0.2) is 0 Å². The van der Waals surface area contributed by atoms with Crippen molar-refractivity contribution in [3.05, 3.63) is 104 Å². The first kappa shape index (κ1) is 29.6. The van der Waals surface area contributed by atoms with Gasteiger partial charge in [0.15, 0.2) is 11.5 Å². The van der Waals surface area contributed by atoms with Crippen molar-refractivity contribution in [3.8, 4) is 28.5 Å². The van der Waals surface area contributed by atoms with Crippen LogP contribution in [0.15, 0.2) is 77.3 Å². The standard InChI is InChI=1S/C29H20BrCl2NO5.Na/c30-26-27-22(21(29(35)36)12-13-37-27)15-23(32)28(26)38-20-10-6-17(7-11-20)25(34)14-19-2-1-3-24(33-19)16-4-8-18(31)9-5-16;/h1-11,15,21H,12-14H2,(H,35,36);/q;+1/p-1. The number of carbonyl (C=O) groups excluding carboxylic acids is 2. The fourth-order valence-electron chi connectivity index (χ4n) is 4.23. The molecule has 5 rings (SSSR count). The van der Waals surface area contributed by atoms with Crippen molar-refractivity contribution < 1.29 is 53.7 Å². The minimum absolute atomic E-state index is 0. The maximum absolute atomic E-state index is 12.9. The maximum atomic E-state index is 12.9. The molecule has 1 aliphatic rings. The number of hydrogen-bond acceptors (Lipinski definition) is 6. The minimum atomic E-state index is -1.18. The molecular formula is C29H19BrCl2NNaO5. The summed E-state index contributed by atoms with van der Waals surface area (Å²) in [5.41, 5.74) is 3.28. The Morgan fingerprint density at radius 2 is 1.77 bits per heavy atom. The zero-order valence-corrected chi connectivity index (χ0v) is 25.8. The van der Waals surface area contributed by atoms with Crippen molar-refractivity contribution in [1.82, 2.24) is 4.98 Å². The van der Waals surface area contributed by atoms with E-state index in [2.05, 4.69) is 20.9 Å². The summed E-state index contributed by atoms with van der Waals surface area (Å²) >= 11 is 15.8. The Morgan fingerprint density at radius 1 is 1.05 bits per heavy atom. The fourth-order valence-corrected chi connectivity index (χ4v) is 5.36. The SMILES string of the molecule is O=C(Cc1cccc(-c2ccc(Cl)cc2)n1)c1ccc(Oc2c(Cl)cc3c(c2Br)OCCC3C(=O)[O-])cc1.[Na+]. The fraction of sp³-hybridized carbons (Fsp3) is 0.138. The van der Waals surface area contributed by atoms with Gasteiger partial charge in [-0.2, -0.15) is 0 Å². The van der Waals surface area contributed by atoms with Crippen LogP contribution in [0.3, 0.4) is 0 Å². The Bertz CT molecular complexity index is 1530. The molecule has 0 fully saturated rings. The first-order chi connectivity index (χ1) is 18.3. The van der Waals surface area contributed by atoms with Gasteiger partial charge in [0.2, 0.25) is 0 Å². The third kappa shape index (κ3) is 6.68. The minimum Gasteiger partial charge on any atom is -0.549 e. The van der Waals surface area contributed by atoms with Crippen LogP contribution in [0.25, 0.3) is 11.3 Å². The van der Waals surface area contributed by atoms with E-state index in [1.54, 1.807) is 36.4 Å². The molecule has 10 heteroatoms. The number of fused-ring (bicyclic) bond motifs is 1. The zero-order valence-electron chi connectivity index (χ0n) is 20.7. The molecule has 2 heterocycles. The summed E-state index contributed by atoms with van der Waals surface area (Å²) in [6, 6.07) is 21.1. The Balaban J connectivity index is 0.00000353. The summed E-state index contributed by atoms with van der Waals surface area (Å²) in [5.74, 6) is -0.991. The monoisotopic (exact) mass is 633 g/mol. The molecule has 0 N–H and O–H groups in total. The van der Waals surface area contributed by atoms with Crippen LogP contribution in [-0.4, -0.2) is 23.3 Å². The molecule has 0 bridgehead atoms. The van der Waals surface area contributed by atoms with E-state index in [4.69, 9.17) is 32.7 Å². The number of carbonyl (C=O) groups is 2. The smallest absolute Gasteiger partial charge is 0.549 e. The van der Waals surface area contributed by atoms with Crippen molar-refractivity contribution >= 4 is 50.9 Å². The topological polar surface area (TPSA) is 88.6 Å². The molecule has 3 aromatic carbocycles. The number of nitrogens with zero attached hydrogens (tertiary/aromatic N) is 1. The molecule has 39 heavy (non-hydrogen) atoms. The van der Waals surface area contributed by atoms with Crippen LogP contribution in [0.4, 0.5) is 0 Å². The van der Waals surface area contributed by atoms with Crippen LogP contribution in [0.2, 0.25) is 10.0 Å². The molecule has 0 radical (unpaired) electrons. The summed E-state index contributed by atoms with van der Waals surface area (Å²) in [7, 11) is 0. The van der Waals surface area contributed by atoms with Gasteiger partial charge < -0.3 is 19.4 Å². The van der Waals surface area contributed by atoms with Crippen molar-refractivity contribution in [2.75, 3.05) is 6.61 Å². The first-order valence-corrected chi connectivity index (χ1v) is 13.2. The predicted octanol–water partition coefficient (Wildman–Crippen LogP) is 3.66. The molecule has 192 valence electrons. The second-order valence-corrected chi connectivity index (χ2v) is 10.3. The summed E-state index contributed by atoms with van der Waals surface area (Å²) in [5, 5.41) is 12.4. The summed E-state index contributed by atoms with van der Waals surface area (Å²) < 4.78 is 12.1. The number of hydrogen-bond donors (Lipinski definition) is 0. The van der Waals surface area contributed by atoms with E-state index in [1.165, 1.54) is 6.07 Å². The van der Waals surface area contributed by atoms with Gasteiger partial charge in [0.1, 0.15) is 16.0 Å². The Morgan fingerprint density at radius 3 is 2.46 bits per heavy atom. The van der Waals surface area contributed by atoms with Crippen LogP contribution < -0.4 is 44.1 Å². The second-order valence-electron chi connectivity index (χ2n) is 8.68. The van der Waals surface area contributed by atoms with E-state index >= 15 is 0 Å². The number of halogens is 3. The number of rotatable bonds is 7. The third-order valence-corrected chi connectivity index (χ3v) is 7.41. The molecular weight excluding hydrogens is 616 g/mol. The van der Waals surface area contributed by atoms with Gasteiger partial charge >= 0.3 is 29.6 Å². The Hall–Kier alpha value is -2.39. The largest absolute Gasteiger partial charge is 1.00 e. The molecule has 1 aromatic heterocycles. The molecule has 0 saturated heterocycles. The Kier molecular flexibility index (Phi) is 9.75. The van der Waals surface area contributed by atoms with Crippen molar-refractivity contribution in [1.29, 1.82) is 0 Å². The number of ketones is 1. The molecule has 6 nitrogen and oxygen atoms in total. The molecule has 1 aliphatic heterocycles. The number of carboxylic acids is 1. The quantitative estimate of drug-likeness (QED) is 0.228. The summed E-state index contributed by atoms with van der Waals surface area (Å²) in [4.78, 5) is 29.1. The van der Waals surface area contributed by atoms with Crippen LogP contribution in [0.5, 0.6) is 17.2 Å². The van der Waals surface area contributed by atoms with E-state index in [0.29, 0.717) is 44.2 Å². The van der Waals surface area contributed by atoms with E-state index < -0.39 is 11.9 Å². The molecule has 1 atom stereocenters. The van der Waals surface area contributed by atoms with E-state index in [1.807, 2.05) is 30.3 Å². The van der Waals surface area contributed by atoms with Crippen LogP contribution >= 0.6 is 39.1 Å². The number of aliphatic carboxylic acids is 1. The molecule has 0 aliphatic carbocycles. The summed E-state index contributed by atoms with van der Waals surface area (Å²) in [6.07, 6.45) is 0.440. The number of Topliss-reactive ketones (excluding diaryl/α,β-unsaturated/α-hetero) is 1. The van der Waals surface area contributed by atoms with Gasteiger partial charge in [0, 0.05) is 39.3 Å². The van der Waals surface area contributed by atoms with E-state index in [0.717, 1.165) is 11.3 Å². The van der Waals surface area contributed by atoms with Gasteiger partial charge in [0.25, 0.3) is 0 Å². The van der Waals surface area contributed by atoms with E-state index in [9.17, 15) is 14.7 Å². The zero-order chi connectivity index (χ0) is 26.8. The summed E-state index contributed by atoms with van der Waals surface area (Å²) in [6.45, 7) is 0.236. The van der Waals surface area contributed by atoms with Crippen LogP contribution in [0.1, 0.15) is 34.0 Å². The number of pyridine rings is 1. The Labute approximate surface area is 265 Å². The van der Waals surface area contributed by atoms with Crippen molar-refractivity contribution in [2.45, 2.75) is 18.8 Å². The predicted molar refractivity (Wildman–Crippen MR) is 146 cm³/mol. The second kappa shape index (κ2) is 12.9. The van der Waals surface area contributed by atoms with Gasteiger partial charge in [-0.15, -0.1) is 0 Å². The normalized spacial score (nSPS) is 14.0. The number of benzene rings is 3. The molecule has 0 spiro atoms. The first-order valence-electron chi connectivity index (χ1n) is 11.7. The maximum Gasteiger partial charge on any atom is 1.00 e. The van der Waals surface area contributed by atoms with Crippen molar-refractivity contribution in [2.24, 2.45) is 0 Å². The average Bonchev–Trinajstić information content (AvgIpc) is 2.91. The van der Waals surface area contributed by atoms with Gasteiger partial charge in [-0.1, -0.05) is 41.4 Å². The molecule has 0 saturated carbocycles. The van der Waals surface area contributed by atoms with Crippen molar-refractivity contribution in [3.63, 3.8) is 0 Å². The van der Waals surface area contributed by atoms with E-state index in [-0.39, 0.29) is 59.1 Å². The average molecular weight is 635 g/mol. The van der Waals surface area contributed by atoms with Gasteiger partial charge in [-0.3, -0.25) is 9.78 Å². The third-order valence-electron chi connectivity index (χ3n) is 6.16. The number of aromatic nitrogens is 1. The van der Waals surface area contributed by atoms with Crippen LogP contribution in [-0.2, 0) is 11.2 Å². The van der Waals surface area contributed by atoms with Crippen LogP contribution in [0, 0.1) is 0 Å². The van der Waals surface area contributed by atoms with Gasteiger partial charge in [0.05, 0.1) is 23.7 Å². The molecule has 4 aromatic rings. The molecule has 1 unspecified atom stereocenters. The van der Waals surface area contributed by atoms with Gasteiger partial charge in [-0.05, 0) is 76.9 Å². The molecule has 0 amide bonds. The number of carboxylic acid groups (broad SMARTS) is 1.